The Kier molecular flexibility index (Phi) is 5.30. The smallest absolute Gasteiger partial charge is 0.277 e. The van der Waals surface area contributed by atoms with Crippen LogP contribution in [0.5, 0.6) is 0 Å². The van der Waals surface area contributed by atoms with Crippen molar-refractivity contribution in [2.75, 3.05) is 31.6 Å². The van der Waals surface area contributed by atoms with Gasteiger partial charge >= 0.3 is 0 Å². The number of piperidine rings is 1. The van der Waals surface area contributed by atoms with Crippen molar-refractivity contribution in [1.82, 2.24) is 24.5 Å². The summed E-state index contributed by atoms with van der Waals surface area (Å²) in [5, 5.41) is 8.31. The van der Waals surface area contributed by atoms with Gasteiger partial charge in [-0.1, -0.05) is 19.1 Å². The zero-order valence-electron chi connectivity index (χ0n) is 19.3. The lowest BCUT2D eigenvalue weighted by molar-refractivity contribution is -0.0960. The molecule has 0 spiro atoms. The van der Waals surface area contributed by atoms with Gasteiger partial charge in [0.15, 0.2) is 5.82 Å². The van der Waals surface area contributed by atoms with Gasteiger partial charge in [0.1, 0.15) is 11.2 Å². The highest BCUT2D eigenvalue weighted by Gasteiger charge is 2.45. The number of ether oxygens (including phenoxy) is 1. The van der Waals surface area contributed by atoms with E-state index in [0.717, 1.165) is 17.4 Å². The van der Waals surface area contributed by atoms with Gasteiger partial charge in [0.05, 0.1) is 42.6 Å². The van der Waals surface area contributed by atoms with Crippen molar-refractivity contribution in [3.05, 3.63) is 58.9 Å². The van der Waals surface area contributed by atoms with E-state index in [0.29, 0.717) is 38.2 Å². The minimum atomic E-state index is -1.49. The number of rotatable bonds is 5. The summed E-state index contributed by atoms with van der Waals surface area (Å²) in [6, 6.07) is 8.74. The van der Waals surface area contributed by atoms with Gasteiger partial charge in [-0.3, -0.25) is 19.7 Å². The lowest BCUT2D eigenvalue weighted by atomic mass is 9.86. The van der Waals surface area contributed by atoms with E-state index in [1.807, 2.05) is 13.0 Å². The molecule has 1 unspecified atom stereocenters. The Balaban J connectivity index is 1.32. The predicted molar refractivity (Wildman–Crippen MR) is 129 cm³/mol. The number of hydrogen-bond donors (Lipinski definition) is 2. The molecule has 2 N–H and O–H groups in total. The molecule has 0 saturated carbocycles. The third kappa shape index (κ3) is 3.77. The molecule has 8 nitrogen and oxygen atoms in total. The van der Waals surface area contributed by atoms with E-state index in [-0.39, 0.29) is 23.1 Å². The van der Waals surface area contributed by atoms with E-state index < -0.39 is 23.1 Å². The number of benzene rings is 1. The SMILES string of the molecule is CCC1(F)CN(C2COC2)CC[C@H]1Nc1nn2cc(F)c(-c3ccc4ncccc4c3)c2c(=O)[nH]1. The molecule has 5 heterocycles. The average molecular weight is 481 g/mol. The van der Waals surface area contributed by atoms with Gasteiger partial charge in [-0.05, 0) is 36.6 Å². The molecule has 2 aliphatic rings. The largest absolute Gasteiger partial charge is 0.378 e. The third-order valence-electron chi connectivity index (χ3n) is 7.32. The normalized spacial score (nSPS) is 23.6. The first-order valence-corrected chi connectivity index (χ1v) is 11.9. The first-order chi connectivity index (χ1) is 16.9. The molecular weight excluding hydrogens is 454 g/mol. The fourth-order valence-corrected chi connectivity index (χ4v) is 5.18. The number of alkyl halides is 1. The van der Waals surface area contributed by atoms with Crippen molar-refractivity contribution in [2.45, 2.75) is 37.5 Å². The maximum Gasteiger partial charge on any atom is 0.277 e. The highest BCUT2D eigenvalue weighted by atomic mass is 19.1. The molecule has 0 radical (unpaired) electrons. The molecule has 10 heteroatoms. The van der Waals surface area contributed by atoms with Crippen molar-refractivity contribution in [3.8, 4) is 11.1 Å². The van der Waals surface area contributed by atoms with Crippen LogP contribution in [-0.4, -0.2) is 68.5 Å². The number of aromatic amines is 1. The van der Waals surface area contributed by atoms with Gasteiger partial charge in [0.2, 0.25) is 5.95 Å². The van der Waals surface area contributed by atoms with Gasteiger partial charge < -0.3 is 10.1 Å². The molecule has 182 valence electrons. The molecule has 1 aromatic carbocycles. The van der Waals surface area contributed by atoms with Crippen molar-refractivity contribution in [2.24, 2.45) is 0 Å². The van der Waals surface area contributed by atoms with Crippen molar-refractivity contribution < 1.29 is 13.5 Å². The van der Waals surface area contributed by atoms with Crippen LogP contribution in [0.1, 0.15) is 19.8 Å². The molecule has 0 amide bonds. The molecular formula is C25H26F2N6O2. The van der Waals surface area contributed by atoms with Gasteiger partial charge in [-0.15, -0.1) is 5.10 Å². The summed E-state index contributed by atoms with van der Waals surface area (Å²) in [6.07, 6.45) is 3.75. The maximum absolute atomic E-state index is 15.9. The number of pyridine rings is 1. The summed E-state index contributed by atoms with van der Waals surface area (Å²) in [5.41, 5.74) is -0.399. The Labute approximate surface area is 199 Å². The average Bonchev–Trinajstić information content (AvgIpc) is 3.15. The highest BCUT2D eigenvalue weighted by molar-refractivity contribution is 5.89. The number of fused-ring (bicyclic) bond motifs is 2. The Morgan fingerprint density at radius 2 is 2.17 bits per heavy atom. The third-order valence-corrected chi connectivity index (χ3v) is 7.32. The summed E-state index contributed by atoms with van der Waals surface area (Å²) >= 11 is 0. The van der Waals surface area contributed by atoms with Gasteiger partial charge in [0, 0.05) is 24.7 Å². The fraction of sp³-hybridized carbons (Fsp3) is 0.400. The second-order valence-electron chi connectivity index (χ2n) is 9.39. The van der Waals surface area contributed by atoms with Crippen molar-refractivity contribution in [3.63, 3.8) is 0 Å². The second kappa shape index (κ2) is 8.39. The summed E-state index contributed by atoms with van der Waals surface area (Å²) in [4.78, 5) is 22.2. The van der Waals surface area contributed by atoms with E-state index in [1.165, 1.54) is 10.7 Å². The molecule has 0 aliphatic carbocycles. The number of aromatic nitrogens is 4. The summed E-state index contributed by atoms with van der Waals surface area (Å²) in [5.74, 6) is -0.444. The minimum absolute atomic E-state index is 0.0955. The van der Waals surface area contributed by atoms with E-state index in [1.54, 1.807) is 30.5 Å². The zero-order chi connectivity index (χ0) is 24.2. The molecule has 35 heavy (non-hydrogen) atoms. The van der Waals surface area contributed by atoms with Crippen LogP contribution in [-0.2, 0) is 4.74 Å². The predicted octanol–water partition coefficient (Wildman–Crippen LogP) is 3.38. The molecule has 2 saturated heterocycles. The summed E-state index contributed by atoms with van der Waals surface area (Å²) < 4.78 is 37.5. The van der Waals surface area contributed by atoms with Crippen LogP contribution in [0.4, 0.5) is 14.7 Å². The number of H-pyrrole nitrogens is 1. The van der Waals surface area contributed by atoms with Crippen LogP contribution in [0.25, 0.3) is 27.5 Å². The number of hydrogen-bond acceptors (Lipinski definition) is 6. The number of anilines is 1. The topological polar surface area (TPSA) is 87.5 Å². The quantitative estimate of drug-likeness (QED) is 0.456. The minimum Gasteiger partial charge on any atom is -0.378 e. The van der Waals surface area contributed by atoms with Gasteiger partial charge in [-0.2, -0.15) is 0 Å². The van der Waals surface area contributed by atoms with Crippen molar-refractivity contribution >= 4 is 22.4 Å². The molecule has 6 rings (SSSR count). The van der Waals surface area contributed by atoms with Crippen LogP contribution in [0.2, 0.25) is 0 Å². The lowest BCUT2D eigenvalue weighted by Gasteiger charge is -2.47. The Morgan fingerprint density at radius 1 is 1.31 bits per heavy atom. The van der Waals surface area contributed by atoms with Crippen LogP contribution in [0.3, 0.4) is 0 Å². The van der Waals surface area contributed by atoms with Gasteiger partial charge in [-0.25, -0.2) is 13.3 Å². The van der Waals surface area contributed by atoms with Gasteiger partial charge in [0.25, 0.3) is 5.56 Å². The first kappa shape index (κ1) is 22.1. The molecule has 0 bridgehead atoms. The van der Waals surface area contributed by atoms with E-state index >= 15 is 8.78 Å². The van der Waals surface area contributed by atoms with E-state index in [4.69, 9.17) is 4.74 Å². The standard InChI is InChI=1S/C25H26F2N6O2/c1-2-25(27)14-32(17-12-35-13-17)9-7-20(25)29-24-30-23(34)22-21(18(26)11-33(22)31-24)16-5-6-19-15(10-16)4-3-8-28-19/h3-6,8,10-11,17,20H,2,7,9,12-14H2,1H3,(H2,29,30,31,34)/t20-,25?/m1/s1. The lowest BCUT2D eigenvalue weighted by Crippen LogP contribution is -2.62. The Morgan fingerprint density at radius 3 is 2.94 bits per heavy atom. The monoisotopic (exact) mass is 480 g/mol. The molecule has 2 fully saturated rings. The fourth-order valence-electron chi connectivity index (χ4n) is 5.18. The van der Waals surface area contributed by atoms with E-state index in [2.05, 4.69) is 25.3 Å². The molecule has 4 aromatic rings. The van der Waals surface area contributed by atoms with Crippen LogP contribution in [0, 0.1) is 5.82 Å². The Bertz CT molecular complexity index is 1470. The zero-order valence-corrected chi connectivity index (χ0v) is 19.3. The maximum atomic E-state index is 15.9. The van der Waals surface area contributed by atoms with Crippen LogP contribution < -0.4 is 10.9 Å². The summed E-state index contributed by atoms with van der Waals surface area (Å²) in [6.45, 7) is 4.11. The number of likely N-dealkylation sites (tertiary alicyclic amines) is 1. The highest BCUT2D eigenvalue weighted by Crippen LogP contribution is 2.33. The van der Waals surface area contributed by atoms with Crippen LogP contribution >= 0.6 is 0 Å². The van der Waals surface area contributed by atoms with Crippen LogP contribution in [0.15, 0.2) is 47.5 Å². The molecule has 2 atom stereocenters. The first-order valence-electron chi connectivity index (χ1n) is 11.9. The van der Waals surface area contributed by atoms with E-state index in [9.17, 15) is 4.79 Å². The molecule has 3 aromatic heterocycles. The number of nitrogens with zero attached hydrogens (tertiary/aromatic N) is 4. The number of nitrogens with one attached hydrogen (secondary N) is 2. The second-order valence-corrected chi connectivity index (χ2v) is 9.39. The summed E-state index contributed by atoms with van der Waals surface area (Å²) in [7, 11) is 0. The number of halogens is 2. The Hall–Kier alpha value is -3.37. The molecule has 2 aliphatic heterocycles. The van der Waals surface area contributed by atoms with Crippen molar-refractivity contribution in [1.29, 1.82) is 0 Å².